The van der Waals surface area contributed by atoms with Gasteiger partial charge in [-0.3, -0.25) is 4.79 Å². The molecule has 0 spiro atoms. The maximum Gasteiger partial charge on any atom is 0.604 e. The van der Waals surface area contributed by atoms with Gasteiger partial charge in [-0.25, -0.2) is 0 Å². The van der Waals surface area contributed by atoms with Gasteiger partial charge < -0.3 is 4.74 Å². The number of carbonyl (C=O) groups is 2. The van der Waals surface area contributed by atoms with Gasteiger partial charge >= 0.3 is 12.1 Å². The molecule has 72 valence electrons. The lowest BCUT2D eigenvalue weighted by Gasteiger charge is -2.16. The Morgan fingerprint density at radius 1 is 1.43 bits per heavy atom. The van der Waals surface area contributed by atoms with Crippen LogP contribution >= 0.6 is 11.6 Å². The number of carbonyl (C=O) groups excluding carboxylic acids is 2. The second kappa shape index (κ2) is 3.06. The number of hydrogen-bond acceptors (Lipinski definition) is 3. The normalized spacial score (nSPS) is 25.9. The number of rotatable bonds is 0. The number of cyclic esters (lactones) is 2. The molecule has 0 radical (unpaired) electrons. The third-order valence-corrected chi connectivity index (χ3v) is 2.41. The van der Waals surface area contributed by atoms with Crippen LogP contribution in [0.4, 0.5) is 4.79 Å². The third-order valence-electron chi connectivity index (χ3n) is 2.16. The van der Waals surface area contributed by atoms with Crippen molar-refractivity contribution in [3.63, 3.8) is 0 Å². The van der Waals surface area contributed by atoms with Gasteiger partial charge in [0, 0.05) is 11.1 Å². The summed E-state index contributed by atoms with van der Waals surface area (Å²) >= 11 is 5.74. The van der Waals surface area contributed by atoms with Crippen LogP contribution in [0.3, 0.4) is 0 Å². The highest BCUT2D eigenvalue weighted by molar-refractivity contribution is 6.33. The molecule has 4 nitrogen and oxygen atoms in total. The molecule has 0 aromatic rings. The van der Waals surface area contributed by atoms with Crippen molar-refractivity contribution in [3.8, 4) is 0 Å². The molecule has 0 N–H and O–H groups in total. The Labute approximate surface area is 85.1 Å². The minimum atomic E-state index is -0.655. The van der Waals surface area contributed by atoms with Crippen molar-refractivity contribution < 1.29 is 18.9 Å². The molecule has 1 unspecified atom stereocenters. The lowest BCUT2D eigenvalue weighted by atomic mass is 9.97. The summed E-state index contributed by atoms with van der Waals surface area (Å²) in [6.07, 6.45) is 4.18. The number of ether oxygens (including phenoxy) is 1. The average Bonchev–Trinajstić information content (AvgIpc) is 2.14. The van der Waals surface area contributed by atoms with E-state index >= 15 is 0 Å². The molecule has 0 saturated heterocycles. The number of nitrogens with zero attached hydrogens (tertiary/aromatic N) is 1. The second-order valence-corrected chi connectivity index (χ2v) is 3.47. The largest absolute Gasteiger partial charge is 0.604 e. The Kier molecular flexibility index (Phi) is 2.00. The van der Waals surface area contributed by atoms with Crippen molar-refractivity contribution in [2.45, 2.75) is 0 Å². The lowest BCUT2D eigenvalue weighted by molar-refractivity contribution is -0.416. The number of hydrogen-bond donors (Lipinski definition) is 0. The van der Waals surface area contributed by atoms with E-state index in [0.29, 0.717) is 10.7 Å². The van der Waals surface area contributed by atoms with Crippen molar-refractivity contribution in [1.29, 1.82) is 0 Å². The molecule has 2 aliphatic rings. The molecule has 0 aromatic heterocycles. The van der Waals surface area contributed by atoms with Gasteiger partial charge in [0.1, 0.15) is 7.05 Å². The minimum absolute atomic E-state index is 0.471. The fourth-order valence-electron chi connectivity index (χ4n) is 1.40. The molecular formula is C9H7ClNO3+. The summed E-state index contributed by atoms with van der Waals surface area (Å²) in [5.74, 6) is -1.14. The third kappa shape index (κ3) is 1.28. The highest BCUT2D eigenvalue weighted by Gasteiger charge is 2.41. The first-order chi connectivity index (χ1) is 6.59. The van der Waals surface area contributed by atoms with Gasteiger partial charge in [-0.1, -0.05) is 11.6 Å². The van der Waals surface area contributed by atoms with Gasteiger partial charge in [0.15, 0.2) is 5.92 Å². The van der Waals surface area contributed by atoms with E-state index < -0.39 is 18.0 Å². The topological polar surface area (TPSA) is 46.4 Å². The number of fused-ring (bicyclic) bond motifs is 1. The smallest absolute Gasteiger partial charge is 0.336 e. The molecule has 2 rings (SSSR count). The molecule has 0 bridgehead atoms. The molecule has 5 heteroatoms. The standard InChI is InChI=1S/C9H7ClNO3/c1-11-7-3-2-5(10)4-6(7)8(12)14-9(11)13/h2-4,6H,1H3/q+1. The van der Waals surface area contributed by atoms with E-state index in [-0.39, 0.29) is 0 Å². The van der Waals surface area contributed by atoms with Gasteiger partial charge in [-0.15, -0.1) is 4.58 Å². The Balaban J connectivity index is 2.53. The van der Waals surface area contributed by atoms with Crippen LogP contribution in [0.25, 0.3) is 0 Å². The maximum atomic E-state index is 11.3. The molecule has 0 aromatic carbocycles. The van der Waals surface area contributed by atoms with Crippen LogP contribution in [0.2, 0.25) is 0 Å². The molecule has 14 heavy (non-hydrogen) atoms. The summed E-state index contributed by atoms with van der Waals surface area (Å²) in [5, 5.41) is 0.471. The van der Waals surface area contributed by atoms with Crippen molar-refractivity contribution >= 4 is 29.4 Å². The van der Waals surface area contributed by atoms with Crippen LogP contribution in [-0.2, 0) is 9.53 Å². The van der Waals surface area contributed by atoms with Gasteiger partial charge in [0.25, 0.3) is 0 Å². The van der Waals surface area contributed by atoms with Gasteiger partial charge in [0.05, 0.1) is 0 Å². The zero-order valence-electron chi connectivity index (χ0n) is 7.36. The molecule has 0 fully saturated rings. The highest BCUT2D eigenvalue weighted by atomic mass is 35.5. The Hall–Kier alpha value is -1.42. The predicted octanol–water partition coefficient (Wildman–Crippen LogP) is 1.06. The van der Waals surface area contributed by atoms with E-state index in [1.807, 2.05) is 0 Å². The molecule has 1 aliphatic carbocycles. The van der Waals surface area contributed by atoms with Crippen LogP contribution in [0.5, 0.6) is 0 Å². The number of esters is 1. The zero-order valence-corrected chi connectivity index (χ0v) is 8.12. The first-order valence-electron chi connectivity index (χ1n) is 4.01. The summed E-state index contributed by atoms with van der Waals surface area (Å²) in [4.78, 5) is 22.4. The predicted molar refractivity (Wildman–Crippen MR) is 49.2 cm³/mol. The van der Waals surface area contributed by atoms with E-state index in [0.717, 1.165) is 0 Å². The molecule has 1 amide bonds. The summed E-state index contributed by atoms with van der Waals surface area (Å²) in [5.41, 5.74) is 0.593. The van der Waals surface area contributed by atoms with Crippen LogP contribution in [0.15, 0.2) is 23.3 Å². The maximum absolute atomic E-state index is 11.3. The fourth-order valence-corrected chi connectivity index (χ4v) is 1.59. The SMILES string of the molecule is C[N+]1=C2C=CC(Cl)=CC2C(=O)OC1=O. The molecule has 1 heterocycles. The molecule has 0 saturated carbocycles. The van der Waals surface area contributed by atoms with Gasteiger partial charge in [-0.2, -0.15) is 4.79 Å². The van der Waals surface area contributed by atoms with Crippen molar-refractivity contribution in [1.82, 2.24) is 0 Å². The van der Waals surface area contributed by atoms with Gasteiger partial charge in [0.2, 0.25) is 5.71 Å². The summed E-state index contributed by atoms with van der Waals surface area (Å²) < 4.78 is 5.80. The summed E-state index contributed by atoms with van der Waals surface area (Å²) in [7, 11) is 1.55. The monoisotopic (exact) mass is 212 g/mol. The number of amides is 1. The van der Waals surface area contributed by atoms with E-state index in [4.69, 9.17) is 11.6 Å². The number of allylic oxidation sites excluding steroid dienone is 3. The van der Waals surface area contributed by atoms with Crippen molar-refractivity contribution in [2.75, 3.05) is 7.05 Å². The molecular weight excluding hydrogens is 206 g/mol. The second-order valence-electron chi connectivity index (χ2n) is 3.03. The van der Waals surface area contributed by atoms with E-state index in [2.05, 4.69) is 4.74 Å². The molecule has 1 atom stereocenters. The van der Waals surface area contributed by atoms with E-state index in [9.17, 15) is 9.59 Å². The fraction of sp³-hybridized carbons (Fsp3) is 0.222. The lowest BCUT2D eigenvalue weighted by Crippen LogP contribution is -2.41. The quantitative estimate of drug-likeness (QED) is 0.343. The zero-order chi connectivity index (χ0) is 10.3. The summed E-state index contributed by atoms with van der Waals surface area (Å²) in [6, 6.07) is 0. The van der Waals surface area contributed by atoms with Crippen LogP contribution in [0.1, 0.15) is 0 Å². The van der Waals surface area contributed by atoms with Crippen LogP contribution in [0, 0.1) is 5.92 Å². The minimum Gasteiger partial charge on any atom is -0.336 e. The van der Waals surface area contributed by atoms with Crippen LogP contribution in [-0.4, -0.2) is 29.4 Å². The average molecular weight is 213 g/mol. The van der Waals surface area contributed by atoms with Crippen LogP contribution < -0.4 is 0 Å². The first-order valence-corrected chi connectivity index (χ1v) is 4.39. The first kappa shape index (κ1) is 9.15. The Bertz CT molecular complexity index is 420. The summed E-state index contributed by atoms with van der Waals surface area (Å²) in [6.45, 7) is 0. The number of halogens is 1. The van der Waals surface area contributed by atoms with Gasteiger partial charge in [-0.05, 0) is 12.2 Å². The van der Waals surface area contributed by atoms with E-state index in [1.54, 1.807) is 25.3 Å². The van der Waals surface area contributed by atoms with Crippen molar-refractivity contribution in [2.24, 2.45) is 5.92 Å². The Morgan fingerprint density at radius 3 is 2.86 bits per heavy atom. The van der Waals surface area contributed by atoms with E-state index in [1.165, 1.54) is 4.58 Å². The van der Waals surface area contributed by atoms with Crippen molar-refractivity contribution in [3.05, 3.63) is 23.3 Å². The Morgan fingerprint density at radius 2 is 2.14 bits per heavy atom. The highest BCUT2D eigenvalue weighted by Crippen LogP contribution is 2.21. The molecule has 1 aliphatic heterocycles.